The van der Waals surface area contributed by atoms with Crippen molar-refractivity contribution in [3.05, 3.63) is 47.5 Å². The lowest BCUT2D eigenvalue weighted by Crippen LogP contribution is -2.41. The quantitative estimate of drug-likeness (QED) is 0.542. The molecule has 1 aromatic heterocycles. The summed E-state index contributed by atoms with van der Waals surface area (Å²) in [6, 6.07) is 11.0. The number of hydrogen-bond donors (Lipinski definition) is 1. The van der Waals surface area contributed by atoms with Crippen molar-refractivity contribution in [2.45, 2.75) is 36.5 Å². The molecule has 164 valence electrons. The lowest BCUT2D eigenvalue weighted by atomic mass is 9.97. The number of amides is 1. The predicted molar refractivity (Wildman–Crippen MR) is 127 cm³/mol. The van der Waals surface area contributed by atoms with Gasteiger partial charge in [0.1, 0.15) is 0 Å². The van der Waals surface area contributed by atoms with Gasteiger partial charge in [-0.2, -0.15) is 4.31 Å². The molecule has 1 amide bonds. The van der Waals surface area contributed by atoms with Gasteiger partial charge in [0.05, 0.1) is 15.1 Å². The number of aryl methyl sites for hydroxylation is 2. The Morgan fingerprint density at radius 1 is 1.10 bits per heavy atom. The van der Waals surface area contributed by atoms with E-state index in [4.69, 9.17) is 0 Å². The fourth-order valence-corrected chi connectivity index (χ4v) is 6.67. The average molecular weight is 476 g/mol. The number of thiazole rings is 1. The SMILES string of the molecule is CSc1ccc(S(=O)(=O)N2CCC(C(=O)Nc3nc4c(C)ccc(C)c4s3)CC2)cc1. The van der Waals surface area contributed by atoms with Gasteiger partial charge in [-0.25, -0.2) is 13.4 Å². The number of nitrogens with zero attached hydrogens (tertiary/aromatic N) is 2. The zero-order valence-electron chi connectivity index (χ0n) is 17.7. The number of sulfonamides is 1. The number of piperidine rings is 1. The summed E-state index contributed by atoms with van der Waals surface area (Å²) >= 11 is 3.06. The summed E-state index contributed by atoms with van der Waals surface area (Å²) in [4.78, 5) is 18.7. The van der Waals surface area contributed by atoms with Crippen LogP contribution in [0.3, 0.4) is 0 Å². The van der Waals surface area contributed by atoms with E-state index in [1.807, 2.05) is 38.3 Å². The normalized spacial score (nSPS) is 16.0. The Bertz CT molecular complexity index is 1170. The van der Waals surface area contributed by atoms with Gasteiger partial charge in [-0.3, -0.25) is 4.79 Å². The fraction of sp³-hybridized carbons (Fsp3) is 0.364. The van der Waals surface area contributed by atoms with Gasteiger partial charge in [0.15, 0.2) is 5.13 Å². The average Bonchev–Trinajstić information content (AvgIpc) is 3.21. The molecule has 1 aliphatic rings. The topological polar surface area (TPSA) is 79.4 Å². The maximum atomic E-state index is 12.9. The first kappa shape index (κ1) is 22.3. The monoisotopic (exact) mass is 475 g/mol. The largest absolute Gasteiger partial charge is 0.302 e. The van der Waals surface area contributed by atoms with E-state index >= 15 is 0 Å². The minimum Gasteiger partial charge on any atom is -0.302 e. The molecule has 0 unspecified atom stereocenters. The van der Waals surface area contributed by atoms with Gasteiger partial charge in [-0.05, 0) is 68.3 Å². The van der Waals surface area contributed by atoms with Crippen molar-refractivity contribution in [2.75, 3.05) is 24.7 Å². The Balaban J connectivity index is 1.41. The standard InChI is InChI=1S/C22H25N3O3S3/c1-14-4-5-15(2)20-19(14)23-22(30-20)24-21(26)16-10-12-25(13-11-16)31(27,28)18-8-6-17(29-3)7-9-18/h4-9,16H,10-13H2,1-3H3,(H,23,24,26). The molecule has 6 nitrogen and oxygen atoms in total. The lowest BCUT2D eigenvalue weighted by molar-refractivity contribution is -0.120. The van der Waals surface area contributed by atoms with Crippen molar-refractivity contribution in [1.29, 1.82) is 0 Å². The second-order valence-corrected chi connectivity index (χ2v) is 11.6. The molecule has 0 bridgehead atoms. The number of thioether (sulfide) groups is 1. The molecule has 1 saturated heterocycles. The Hall–Kier alpha value is -1.94. The van der Waals surface area contributed by atoms with Crippen LogP contribution in [0.15, 0.2) is 46.2 Å². The molecular formula is C22H25N3O3S3. The number of anilines is 1. The molecule has 3 aromatic rings. The molecule has 0 radical (unpaired) electrons. The molecule has 1 N–H and O–H groups in total. The van der Waals surface area contributed by atoms with E-state index in [0.717, 1.165) is 26.2 Å². The van der Waals surface area contributed by atoms with Crippen LogP contribution in [0.25, 0.3) is 10.2 Å². The van der Waals surface area contributed by atoms with Crippen LogP contribution in [0.5, 0.6) is 0 Å². The van der Waals surface area contributed by atoms with Crippen molar-refractivity contribution < 1.29 is 13.2 Å². The third-order valence-electron chi connectivity index (χ3n) is 5.69. The van der Waals surface area contributed by atoms with Crippen LogP contribution < -0.4 is 5.32 Å². The summed E-state index contributed by atoms with van der Waals surface area (Å²) in [5, 5.41) is 3.55. The maximum Gasteiger partial charge on any atom is 0.243 e. The summed E-state index contributed by atoms with van der Waals surface area (Å²) in [6.07, 6.45) is 2.95. The van der Waals surface area contributed by atoms with Crippen LogP contribution in [0, 0.1) is 19.8 Å². The number of rotatable bonds is 5. The highest BCUT2D eigenvalue weighted by Gasteiger charge is 2.32. The highest BCUT2D eigenvalue weighted by molar-refractivity contribution is 7.98. The molecule has 0 atom stereocenters. The van der Waals surface area contributed by atoms with Gasteiger partial charge in [0, 0.05) is 23.9 Å². The maximum absolute atomic E-state index is 12.9. The number of nitrogens with one attached hydrogen (secondary N) is 1. The number of carbonyl (C=O) groups excluding carboxylic acids is 1. The van der Waals surface area contributed by atoms with E-state index in [-0.39, 0.29) is 11.8 Å². The second-order valence-electron chi connectivity index (χ2n) is 7.74. The molecule has 1 aliphatic heterocycles. The zero-order valence-corrected chi connectivity index (χ0v) is 20.2. The smallest absolute Gasteiger partial charge is 0.243 e. The molecule has 4 rings (SSSR count). The van der Waals surface area contributed by atoms with Crippen LogP contribution in [0.2, 0.25) is 0 Å². The number of aromatic nitrogens is 1. The van der Waals surface area contributed by atoms with Gasteiger partial charge < -0.3 is 5.32 Å². The number of carbonyl (C=O) groups is 1. The second kappa shape index (κ2) is 8.90. The third-order valence-corrected chi connectivity index (χ3v) is 9.46. The van der Waals surface area contributed by atoms with Crippen LogP contribution in [-0.2, 0) is 14.8 Å². The zero-order chi connectivity index (χ0) is 22.2. The minimum atomic E-state index is -3.54. The molecule has 9 heteroatoms. The number of hydrogen-bond acceptors (Lipinski definition) is 6. The van der Waals surface area contributed by atoms with Crippen molar-refractivity contribution in [1.82, 2.24) is 9.29 Å². The Morgan fingerprint density at radius 3 is 2.35 bits per heavy atom. The summed E-state index contributed by atoms with van der Waals surface area (Å²) in [7, 11) is -3.54. The van der Waals surface area contributed by atoms with Crippen molar-refractivity contribution in [3.8, 4) is 0 Å². The molecule has 0 spiro atoms. The van der Waals surface area contributed by atoms with Crippen LogP contribution in [0.1, 0.15) is 24.0 Å². The third kappa shape index (κ3) is 4.50. The van der Waals surface area contributed by atoms with E-state index < -0.39 is 10.0 Å². The highest BCUT2D eigenvalue weighted by atomic mass is 32.2. The summed E-state index contributed by atoms with van der Waals surface area (Å²) in [5.74, 6) is -0.310. The molecule has 0 saturated carbocycles. The molecule has 2 heterocycles. The number of fused-ring (bicyclic) bond motifs is 1. The summed E-state index contributed by atoms with van der Waals surface area (Å²) in [6.45, 7) is 4.72. The molecule has 31 heavy (non-hydrogen) atoms. The highest BCUT2D eigenvalue weighted by Crippen LogP contribution is 2.32. The van der Waals surface area contributed by atoms with Gasteiger partial charge in [0.2, 0.25) is 15.9 Å². The molecule has 2 aromatic carbocycles. The van der Waals surface area contributed by atoms with E-state index in [9.17, 15) is 13.2 Å². The van der Waals surface area contributed by atoms with E-state index in [0.29, 0.717) is 36.0 Å². The van der Waals surface area contributed by atoms with Crippen molar-refractivity contribution in [3.63, 3.8) is 0 Å². The first-order chi connectivity index (χ1) is 14.8. The van der Waals surface area contributed by atoms with Crippen LogP contribution in [-0.4, -0.2) is 43.0 Å². The first-order valence-corrected chi connectivity index (χ1v) is 13.6. The first-order valence-electron chi connectivity index (χ1n) is 10.1. The van der Waals surface area contributed by atoms with Crippen LogP contribution >= 0.6 is 23.1 Å². The van der Waals surface area contributed by atoms with Crippen molar-refractivity contribution in [2.24, 2.45) is 5.92 Å². The van der Waals surface area contributed by atoms with E-state index in [2.05, 4.69) is 16.4 Å². The van der Waals surface area contributed by atoms with Gasteiger partial charge in [0.25, 0.3) is 0 Å². The van der Waals surface area contributed by atoms with E-state index in [1.165, 1.54) is 15.6 Å². The van der Waals surface area contributed by atoms with Gasteiger partial charge in [-0.15, -0.1) is 11.8 Å². The molecule has 0 aliphatic carbocycles. The Kier molecular flexibility index (Phi) is 6.39. The predicted octanol–water partition coefficient (Wildman–Crippen LogP) is 4.67. The Labute approximate surface area is 191 Å². The van der Waals surface area contributed by atoms with Crippen molar-refractivity contribution >= 4 is 54.4 Å². The minimum absolute atomic E-state index is 0.0873. The summed E-state index contributed by atoms with van der Waals surface area (Å²) < 4.78 is 28.4. The van der Waals surface area contributed by atoms with Gasteiger partial charge >= 0.3 is 0 Å². The summed E-state index contributed by atoms with van der Waals surface area (Å²) in [5.41, 5.74) is 3.15. The lowest BCUT2D eigenvalue weighted by Gasteiger charge is -2.30. The van der Waals surface area contributed by atoms with Gasteiger partial charge in [-0.1, -0.05) is 23.5 Å². The number of benzene rings is 2. The van der Waals surface area contributed by atoms with E-state index in [1.54, 1.807) is 23.9 Å². The van der Waals surface area contributed by atoms with Crippen LogP contribution in [0.4, 0.5) is 5.13 Å². The Morgan fingerprint density at radius 2 is 1.74 bits per heavy atom. The molecular weight excluding hydrogens is 450 g/mol. The molecule has 1 fully saturated rings. The fourth-order valence-electron chi connectivity index (χ4n) is 3.78.